The van der Waals surface area contributed by atoms with Gasteiger partial charge in [0, 0.05) is 6.04 Å². The standard InChI is InChI=1S/C18H37N/c1-6-16(11-15(5)19)8-7-9-17-12-18(13(2)3)10-14(17)4/h13-18H,6-12,19H2,1-5H3. The van der Waals surface area contributed by atoms with E-state index < -0.39 is 0 Å². The van der Waals surface area contributed by atoms with Gasteiger partial charge in [-0.05, 0) is 55.8 Å². The van der Waals surface area contributed by atoms with Gasteiger partial charge in [-0.15, -0.1) is 0 Å². The van der Waals surface area contributed by atoms with Crippen LogP contribution >= 0.6 is 0 Å². The molecule has 1 rings (SSSR count). The Bertz CT molecular complexity index is 234. The van der Waals surface area contributed by atoms with Crippen LogP contribution < -0.4 is 5.73 Å². The molecule has 114 valence electrons. The van der Waals surface area contributed by atoms with Crippen LogP contribution in [0, 0.1) is 29.6 Å². The summed E-state index contributed by atoms with van der Waals surface area (Å²) in [7, 11) is 0. The van der Waals surface area contributed by atoms with Gasteiger partial charge in [-0.1, -0.05) is 53.4 Å². The molecule has 0 aliphatic heterocycles. The van der Waals surface area contributed by atoms with Crippen LogP contribution in [0.5, 0.6) is 0 Å². The summed E-state index contributed by atoms with van der Waals surface area (Å²) in [5, 5.41) is 0. The van der Waals surface area contributed by atoms with Crippen LogP contribution in [0.1, 0.15) is 79.6 Å². The third-order valence-electron chi connectivity index (χ3n) is 5.50. The summed E-state index contributed by atoms with van der Waals surface area (Å²) in [6.45, 7) is 11.7. The van der Waals surface area contributed by atoms with E-state index in [1.165, 1.54) is 44.9 Å². The summed E-state index contributed by atoms with van der Waals surface area (Å²) in [5.74, 6) is 4.69. The summed E-state index contributed by atoms with van der Waals surface area (Å²) in [6.07, 6.45) is 9.75. The third kappa shape index (κ3) is 5.85. The number of rotatable bonds is 8. The fourth-order valence-corrected chi connectivity index (χ4v) is 4.02. The maximum Gasteiger partial charge on any atom is 0.00131 e. The summed E-state index contributed by atoms with van der Waals surface area (Å²) in [6, 6.07) is 0.376. The quantitative estimate of drug-likeness (QED) is 0.639. The van der Waals surface area contributed by atoms with Crippen molar-refractivity contribution in [3.05, 3.63) is 0 Å². The summed E-state index contributed by atoms with van der Waals surface area (Å²) in [5.41, 5.74) is 5.94. The predicted molar refractivity (Wildman–Crippen MR) is 86.1 cm³/mol. The molecule has 5 atom stereocenters. The maximum atomic E-state index is 5.94. The van der Waals surface area contributed by atoms with Gasteiger partial charge in [0.25, 0.3) is 0 Å². The molecule has 0 amide bonds. The lowest BCUT2D eigenvalue weighted by atomic mass is 9.87. The van der Waals surface area contributed by atoms with E-state index in [1.54, 1.807) is 0 Å². The molecular weight excluding hydrogens is 230 g/mol. The van der Waals surface area contributed by atoms with Crippen molar-refractivity contribution in [3.8, 4) is 0 Å². The fourth-order valence-electron chi connectivity index (χ4n) is 4.02. The Morgan fingerprint density at radius 3 is 2.32 bits per heavy atom. The molecule has 0 bridgehead atoms. The fraction of sp³-hybridized carbons (Fsp3) is 1.00. The molecular formula is C18H37N. The molecule has 0 aromatic carbocycles. The highest BCUT2D eigenvalue weighted by molar-refractivity contribution is 4.82. The van der Waals surface area contributed by atoms with Crippen molar-refractivity contribution in [3.63, 3.8) is 0 Å². The van der Waals surface area contributed by atoms with Gasteiger partial charge in [0.15, 0.2) is 0 Å². The van der Waals surface area contributed by atoms with Gasteiger partial charge in [-0.2, -0.15) is 0 Å². The first kappa shape index (κ1) is 17.0. The van der Waals surface area contributed by atoms with Crippen molar-refractivity contribution in [1.29, 1.82) is 0 Å². The molecule has 0 aromatic heterocycles. The molecule has 0 radical (unpaired) electrons. The lowest BCUT2D eigenvalue weighted by Gasteiger charge is -2.20. The predicted octanol–water partition coefficient (Wildman–Crippen LogP) is 5.24. The van der Waals surface area contributed by atoms with E-state index in [-0.39, 0.29) is 0 Å². The van der Waals surface area contributed by atoms with Gasteiger partial charge in [-0.3, -0.25) is 0 Å². The number of hydrogen-bond acceptors (Lipinski definition) is 1. The zero-order valence-electron chi connectivity index (χ0n) is 14.0. The van der Waals surface area contributed by atoms with Crippen LogP contribution in [-0.4, -0.2) is 6.04 Å². The highest BCUT2D eigenvalue weighted by Gasteiger charge is 2.32. The molecule has 1 saturated carbocycles. The second-order valence-electron chi connectivity index (χ2n) is 7.63. The minimum atomic E-state index is 0.376. The SMILES string of the molecule is CCC(CCCC1CC(C(C)C)CC1C)CC(C)N. The van der Waals surface area contributed by atoms with Crippen LogP contribution in [0.4, 0.5) is 0 Å². The molecule has 0 heterocycles. The van der Waals surface area contributed by atoms with E-state index in [0.29, 0.717) is 6.04 Å². The van der Waals surface area contributed by atoms with Crippen LogP contribution in [0.2, 0.25) is 0 Å². The molecule has 1 nitrogen and oxygen atoms in total. The Kier molecular flexibility index (Phi) is 7.42. The van der Waals surface area contributed by atoms with Gasteiger partial charge < -0.3 is 5.73 Å². The van der Waals surface area contributed by atoms with Crippen molar-refractivity contribution >= 4 is 0 Å². The number of nitrogens with two attached hydrogens (primary N) is 1. The van der Waals surface area contributed by atoms with Crippen molar-refractivity contribution in [1.82, 2.24) is 0 Å². The van der Waals surface area contributed by atoms with E-state index in [1.807, 2.05) is 0 Å². The van der Waals surface area contributed by atoms with Gasteiger partial charge >= 0.3 is 0 Å². The zero-order valence-corrected chi connectivity index (χ0v) is 14.0. The second kappa shape index (κ2) is 8.29. The highest BCUT2D eigenvalue weighted by Crippen LogP contribution is 2.42. The highest BCUT2D eigenvalue weighted by atomic mass is 14.6. The second-order valence-corrected chi connectivity index (χ2v) is 7.63. The molecule has 1 aliphatic rings. The van der Waals surface area contributed by atoms with E-state index in [2.05, 4.69) is 34.6 Å². The van der Waals surface area contributed by atoms with Crippen LogP contribution in [0.3, 0.4) is 0 Å². The lowest BCUT2D eigenvalue weighted by molar-refractivity contribution is 0.331. The average molecular weight is 268 g/mol. The lowest BCUT2D eigenvalue weighted by Crippen LogP contribution is -2.19. The van der Waals surface area contributed by atoms with Crippen molar-refractivity contribution in [2.75, 3.05) is 0 Å². The van der Waals surface area contributed by atoms with Gasteiger partial charge in [0.2, 0.25) is 0 Å². The van der Waals surface area contributed by atoms with Gasteiger partial charge in [0.1, 0.15) is 0 Å². The summed E-state index contributed by atoms with van der Waals surface area (Å²) >= 11 is 0. The molecule has 5 unspecified atom stereocenters. The van der Waals surface area contributed by atoms with Crippen molar-refractivity contribution in [2.24, 2.45) is 35.3 Å². The summed E-state index contributed by atoms with van der Waals surface area (Å²) in [4.78, 5) is 0. The molecule has 2 N–H and O–H groups in total. The molecule has 1 aliphatic carbocycles. The molecule has 1 fully saturated rings. The van der Waals surface area contributed by atoms with E-state index in [9.17, 15) is 0 Å². The van der Waals surface area contributed by atoms with Crippen LogP contribution in [0.25, 0.3) is 0 Å². The van der Waals surface area contributed by atoms with Crippen molar-refractivity contribution in [2.45, 2.75) is 85.6 Å². The van der Waals surface area contributed by atoms with Gasteiger partial charge in [-0.25, -0.2) is 0 Å². The Morgan fingerprint density at radius 1 is 1.16 bits per heavy atom. The Labute approximate surface area is 121 Å². The molecule has 19 heavy (non-hydrogen) atoms. The molecule has 0 spiro atoms. The first-order valence-corrected chi connectivity index (χ1v) is 8.69. The normalized spacial score (nSPS) is 30.8. The molecule has 0 aromatic rings. The maximum absolute atomic E-state index is 5.94. The van der Waals surface area contributed by atoms with Crippen LogP contribution in [0.15, 0.2) is 0 Å². The van der Waals surface area contributed by atoms with E-state index in [0.717, 1.165) is 29.6 Å². The first-order valence-electron chi connectivity index (χ1n) is 8.69. The Hall–Kier alpha value is -0.0400. The zero-order chi connectivity index (χ0) is 14.4. The minimum Gasteiger partial charge on any atom is -0.328 e. The monoisotopic (exact) mass is 267 g/mol. The van der Waals surface area contributed by atoms with E-state index >= 15 is 0 Å². The number of hydrogen-bond donors (Lipinski definition) is 1. The minimum absolute atomic E-state index is 0.376. The van der Waals surface area contributed by atoms with Gasteiger partial charge in [0.05, 0.1) is 0 Å². The van der Waals surface area contributed by atoms with Crippen LogP contribution in [-0.2, 0) is 0 Å². The molecule has 1 heteroatoms. The van der Waals surface area contributed by atoms with Crippen molar-refractivity contribution < 1.29 is 0 Å². The third-order valence-corrected chi connectivity index (χ3v) is 5.50. The summed E-state index contributed by atoms with van der Waals surface area (Å²) < 4.78 is 0. The topological polar surface area (TPSA) is 26.0 Å². The Morgan fingerprint density at radius 2 is 1.84 bits per heavy atom. The average Bonchev–Trinajstić information content (AvgIpc) is 2.69. The molecule has 0 saturated heterocycles. The first-order chi connectivity index (χ1) is 8.93. The smallest absolute Gasteiger partial charge is 0.00131 e. The largest absolute Gasteiger partial charge is 0.328 e. The Balaban J connectivity index is 2.25. The van der Waals surface area contributed by atoms with E-state index in [4.69, 9.17) is 5.73 Å².